The second kappa shape index (κ2) is 7.30. The first-order valence-electron chi connectivity index (χ1n) is 8.49. The molecule has 25 heavy (non-hydrogen) atoms. The fourth-order valence-electron chi connectivity index (χ4n) is 3.03. The summed E-state index contributed by atoms with van der Waals surface area (Å²) in [7, 11) is 2.19. The van der Waals surface area contributed by atoms with E-state index < -0.39 is 0 Å². The van der Waals surface area contributed by atoms with E-state index in [2.05, 4.69) is 51.4 Å². The molecule has 0 radical (unpaired) electrons. The Morgan fingerprint density at radius 3 is 2.60 bits per heavy atom. The Balaban J connectivity index is 1.41. The molecule has 4 rings (SSSR count). The van der Waals surface area contributed by atoms with Crippen molar-refractivity contribution >= 4 is 44.0 Å². The van der Waals surface area contributed by atoms with E-state index in [4.69, 9.17) is 11.6 Å². The minimum atomic E-state index is 0.746. The van der Waals surface area contributed by atoms with Gasteiger partial charge in [-0.15, -0.1) is 0 Å². The zero-order valence-electron chi connectivity index (χ0n) is 14.2. The number of piperazine rings is 1. The lowest BCUT2D eigenvalue weighted by atomic mass is 10.2. The SMILES string of the molecule is CN1CCN(Cc2ccc(Nc3nc4ccc(Cl)cc4s3)cc2)CC1. The van der Waals surface area contributed by atoms with Crippen LogP contribution in [0.3, 0.4) is 0 Å². The Morgan fingerprint density at radius 2 is 1.84 bits per heavy atom. The maximum atomic E-state index is 6.05. The fourth-order valence-corrected chi connectivity index (χ4v) is 4.20. The second-order valence-electron chi connectivity index (χ2n) is 6.53. The van der Waals surface area contributed by atoms with E-state index in [1.807, 2.05) is 18.2 Å². The molecule has 1 saturated heterocycles. The molecule has 0 unspecified atom stereocenters. The number of rotatable bonds is 4. The zero-order valence-corrected chi connectivity index (χ0v) is 15.8. The molecule has 1 fully saturated rings. The van der Waals surface area contributed by atoms with Crippen LogP contribution in [0.1, 0.15) is 5.56 Å². The van der Waals surface area contributed by atoms with Gasteiger partial charge in [0.15, 0.2) is 5.13 Å². The molecule has 4 nitrogen and oxygen atoms in total. The topological polar surface area (TPSA) is 31.4 Å². The van der Waals surface area contributed by atoms with E-state index in [0.717, 1.165) is 58.8 Å². The Kier molecular flexibility index (Phi) is 4.90. The van der Waals surface area contributed by atoms with Gasteiger partial charge in [0.1, 0.15) is 0 Å². The van der Waals surface area contributed by atoms with E-state index >= 15 is 0 Å². The number of halogens is 1. The summed E-state index contributed by atoms with van der Waals surface area (Å²) in [4.78, 5) is 9.51. The molecular weight excluding hydrogens is 352 g/mol. The molecule has 2 aromatic carbocycles. The number of hydrogen-bond donors (Lipinski definition) is 1. The molecule has 130 valence electrons. The lowest BCUT2D eigenvalue weighted by Crippen LogP contribution is -2.43. The lowest BCUT2D eigenvalue weighted by molar-refractivity contribution is 0.148. The molecule has 0 aliphatic carbocycles. The first kappa shape index (κ1) is 16.8. The number of nitrogens with one attached hydrogen (secondary N) is 1. The molecule has 1 N–H and O–H groups in total. The average Bonchev–Trinajstić information content (AvgIpc) is 3.00. The van der Waals surface area contributed by atoms with Gasteiger partial charge in [-0.05, 0) is 42.9 Å². The van der Waals surface area contributed by atoms with Crippen LogP contribution in [-0.4, -0.2) is 48.0 Å². The maximum Gasteiger partial charge on any atom is 0.188 e. The van der Waals surface area contributed by atoms with E-state index in [9.17, 15) is 0 Å². The fraction of sp³-hybridized carbons (Fsp3) is 0.316. The lowest BCUT2D eigenvalue weighted by Gasteiger charge is -2.32. The van der Waals surface area contributed by atoms with Gasteiger partial charge in [-0.3, -0.25) is 4.90 Å². The summed E-state index contributed by atoms with van der Waals surface area (Å²) in [5, 5.41) is 5.03. The van der Waals surface area contributed by atoms with Crippen molar-refractivity contribution in [3.8, 4) is 0 Å². The van der Waals surface area contributed by atoms with Crippen LogP contribution in [-0.2, 0) is 6.54 Å². The van der Waals surface area contributed by atoms with Gasteiger partial charge in [0.25, 0.3) is 0 Å². The predicted molar refractivity (Wildman–Crippen MR) is 107 cm³/mol. The number of anilines is 2. The average molecular weight is 373 g/mol. The number of fused-ring (bicyclic) bond motifs is 1. The Hall–Kier alpha value is -1.66. The Labute approximate surface area is 157 Å². The first-order chi connectivity index (χ1) is 12.2. The van der Waals surface area contributed by atoms with Gasteiger partial charge >= 0.3 is 0 Å². The van der Waals surface area contributed by atoms with Crippen LogP contribution in [0.15, 0.2) is 42.5 Å². The van der Waals surface area contributed by atoms with Crippen molar-refractivity contribution in [2.24, 2.45) is 0 Å². The third-order valence-corrected chi connectivity index (χ3v) is 5.73. The van der Waals surface area contributed by atoms with E-state index in [0.29, 0.717) is 0 Å². The van der Waals surface area contributed by atoms with Crippen molar-refractivity contribution < 1.29 is 0 Å². The van der Waals surface area contributed by atoms with E-state index in [1.54, 1.807) is 11.3 Å². The van der Waals surface area contributed by atoms with Crippen LogP contribution in [0.4, 0.5) is 10.8 Å². The van der Waals surface area contributed by atoms with Crippen molar-refractivity contribution in [2.45, 2.75) is 6.54 Å². The quantitative estimate of drug-likeness (QED) is 0.733. The van der Waals surface area contributed by atoms with Crippen LogP contribution in [0.2, 0.25) is 5.02 Å². The molecule has 3 aromatic rings. The van der Waals surface area contributed by atoms with Crippen molar-refractivity contribution in [2.75, 3.05) is 38.5 Å². The molecule has 2 heterocycles. The van der Waals surface area contributed by atoms with Crippen molar-refractivity contribution in [3.05, 3.63) is 53.1 Å². The van der Waals surface area contributed by atoms with Crippen LogP contribution in [0.25, 0.3) is 10.2 Å². The highest BCUT2D eigenvalue weighted by Gasteiger charge is 2.13. The monoisotopic (exact) mass is 372 g/mol. The van der Waals surface area contributed by atoms with Crippen LogP contribution >= 0.6 is 22.9 Å². The maximum absolute atomic E-state index is 6.05. The van der Waals surface area contributed by atoms with Gasteiger partial charge in [0.2, 0.25) is 0 Å². The molecule has 1 aliphatic rings. The number of likely N-dealkylation sites (N-methyl/N-ethyl adjacent to an activating group) is 1. The largest absolute Gasteiger partial charge is 0.332 e. The zero-order chi connectivity index (χ0) is 17.2. The van der Waals surface area contributed by atoms with Crippen LogP contribution < -0.4 is 5.32 Å². The van der Waals surface area contributed by atoms with Gasteiger partial charge in [-0.2, -0.15) is 0 Å². The summed E-state index contributed by atoms with van der Waals surface area (Å²) >= 11 is 7.66. The Bertz CT molecular complexity index is 853. The van der Waals surface area contributed by atoms with E-state index in [1.165, 1.54) is 5.56 Å². The smallest absolute Gasteiger partial charge is 0.188 e. The second-order valence-corrected chi connectivity index (χ2v) is 8.00. The minimum absolute atomic E-state index is 0.746. The Morgan fingerprint density at radius 1 is 1.08 bits per heavy atom. The highest BCUT2D eigenvalue weighted by molar-refractivity contribution is 7.22. The number of benzene rings is 2. The van der Waals surface area contributed by atoms with Gasteiger partial charge < -0.3 is 10.2 Å². The van der Waals surface area contributed by atoms with Crippen LogP contribution in [0.5, 0.6) is 0 Å². The van der Waals surface area contributed by atoms with E-state index in [-0.39, 0.29) is 0 Å². The molecule has 0 spiro atoms. The highest BCUT2D eigenvalue weighted by atomic mass is 35.5. The molecule has 0 atom stereocenters. The van der Waals surface area contributed by atoms with Crippen LogP contribution in [0, 0.1) is 0 Å². The molecule has 0 saturated carbocycles. The van der Waals surface area contributed by atoms with Gasteiger partial charge in [0, 0.05) is 43.4 Å². The summed E-state index contributed by atoms with van der Waals surface area (Å²) in [5.74, 6) is 0. The number of aromatic nitrogens is 1. The number of thiazole rings is 1. The summed E-state index contributed by atoms with van der Waals surface area (Å²) in [5.41, 5.74) is 3.39. The number of hydrogen-bond acceptors (Lipinski definition) is 5. The molecule has 6 heteroatoms. The minimum Gasteiger partial charge on any atom is -0.332 e. The summed E-state index contributed by atoms with van der Waals surface area (Å²) in [6, 6.07) is 14.4. The molecular formula is C19H21ClN4S. The van der Waals surface area contributed by atoms with Gasteiger partial charge in [-0.1, -0.05) is 35.1 Å². The molecule has 1 aromatic heterocycles. The van der Waals surface area contributed by atoms with Crippen molar-refractivity contribution in [1.29, 1.82) is 0 Å². The van der Waals surface area contributed by atoms with Gasteiger partial charge in [0.05, 0.1) is 10.2 Å². The van der Waals surface area contributed by atoms with Crippen molar-refractivity contribution in [3.63, 3.8) is 0 Å². The summed E-state index contributed by atoms with van der Waals surface area (Å²) in [6.07, 6.45) is 0. The standard InChI is InChI=1S/C19H21ClN4S/c1-23-8-10-24(11-9-23)13-14-2-5-16(6-3-14)21-19-22-17-7-4-15(20)12-18(17)25-19/h2-7,12H,8-11,13H2,1H3,(H,21,22). The third-order valence-electron chi connectivity index (χ3n) is 4.56. The molecule has 1 aliphatic heterocycles. The van der Waals surface area contributed by atoms with Crippen molar-refractivity contribution in [1.82, 2.24) is 14.8 Å². The first-order valence-corrected chi connectivity index (χ1v) is 9.68. The summed E-state index contributed by atoms with van der Waals surface area (Å²) < 4.78 is 1.10. The predicted octanol–water partition coefficient (Wildman–Crippen LogP) is 4.44. The summed E-state index contributed by atoms with van der Waals surface area (Å²) in [6.45, 7) is 5.62. The third kappa shape index (κ3) is 4.12. The normalized spacial score (nSPS) is 16.4. The number of nitrogens with zero attached hydrogens (tertiary/aromatic N) is 3. The molecule has 0 amide bonds. The highest BCUT2D eigenvalue weighted by Crippen LogP contribution is 2.30. The molecule has 0 bridgehead atoms. The van der Waals surface area contributed by atoms with Gasteiger partial charge in [-0.25, -0.2) is 4.98 Å².